The monoisotopic (exact) mass is 221 g/mol. The van der Waals surface area contributed by atoms with Gasteiger partial charge in [0.15, 0.2) is 0 Å². The van der Waals surface area contributed by atoms with Crippen LogP contribution in [0, 0.1) is 6.92 Å². The minimum atomic E-state index is 0.314. The van der Waals surface area contributed by atoms with Crippen LogP contribution in [0.5, 0.6) is 0 Å². The number of hydrogen-bond acceptors (Lipinski definition) is 3. The second kappa shape index (κ2) is 4.59. The summed E-state index contributed by atoms with van der Waals surface area (Å²) in [5, 5.41) is 12.5. The van der Waals surface area contributed by atoms with Gasteiger partial charge in [0, 0.05) is 23.7 Å². The first kappa shape index (κ1) is 10.4. The van der Waals surface area contributed by atoms with E-state index in [1.165, 1.54) is 10.4 Å². The summed E-state index contributed by atoms with van der Waals surface area (Å²) in [4.78, 5) is 1.40. The van der Waals surface area contributed by atoms with Crippen molar-refractivity contribution >= 4 is 11.3 Å². The lowest BCUT2D eigenvalue weighted by Crippen LogP contribution is -2.18. The Hall–Kier alpha value is -1.13. The lowest BCUT2D eigenvalue weighted by atomic mass is 10.2. The van der Waals surface area contributed by atoms with Crippen molar-refractivity contribution in [2.75, 3.05) is 0 Å². The molecule has 2 aromatic heterocycles. The van der Waals surface area contributed by atoms with Gasteiger partial charge in [-0.2, -0.15) is 5.10 Å². The molecular weight excluding hydrogens is 206 g/mol. The maximum absolute atomic E-state index is 3.94. The molecule has 3 nitrogen and oxygen atoms in total. The number of rotatable bonds is 4. The number of aromatic nitrogens is 2. The van der Waals surface area contributed by atoms with Crippen molar-refractivity contribution in [2.24, 2.45) is 0 Å². The summed E-state index contributed by atoms with van der Waals surface area (Å²) in [6.45, 7) is 5.20. The average Bonchev–Trinajstić information content (AvgIpc) is 2.85. The van der Waals surface area contributed by atoms with E-state index in [0.29, 0.717) is 6.04 Å². The van der Waals surface area contributed by atoms with Gasteiger partial charge in [-0.15, -0.1) is 11.3 Å². The maximum atomic E-state index is 3.94. The molecule has 2 aromatic rings. The Balaban J connectivity index is 1.91. The average molecular weight is 221 g/mol. The standard InChI is InChI=1S/C11H15N3S/c1-8-4-6-15-11(8)7-12-9(2)10-3-5-13-14-10/h3-6,9,12H,7H2,1-2H3,(H,13,14). The van der Waals surface area contributed by atoms with Gasteiger partial charge in [-0.1, -0.05) is 0 Å². The highest BCUT2D eigenvalue weighted by Gasteiger charge is 2.06. The van der Waals surface area contributed by atoms with Crippen molar-refractivity contribution in [1.82, 2.24) is 15.5 Å². The van der Waals surface area contributed by atoms with E-state index < -0.39 is 0 Å². The SMILES string of the molecule is Cc1ccsc1CNC(C)c1ccn[nH]1. The quantitative estimate of drug-likeness (QED) is 0.833. The summed E-state index contributed by atoms with van der Waals surface area (Å²) in [6.07, 6.45) is 1.78. The van der Waals surface area contributed by atoms with Crippen LogP contribution in [0.2, 0.25) is 0 Å². The molecule has 15 heavy (non-hydrogen) atoms. The van der Waals surface area contributed by atoms with Crippen LogP contribution >= 0.6 is 11.3 Å². The molecule has 0 saturated carbocycles. The van der Waals surface area contributed by atoms with Gasteiger partial charge in [0.25, 0.3) is 0 Å². The minimum Gasteiger partial charge on any atom is -0.304 e. The number of H-pyrrole nitrogens is 1. The van der Waals surface area contributed by atoms with E-state index in [1.54, 1.807) is 17.5 Å². The highest BCUT2D eigenvalue weighted by molar-refractivity contribution is 7.10. The largest absolute Gasteiger partial charge is 0.304 e. The summed E-state index contributed by atoms with van der Waals surface area (Å²) in [7, 11) is 0. The molecule has 2 N–H and O–H groups in total. The second-order valence-corrected chi connectivity index (χ2v) is 4.64. The molecule has 0 amide bonds. The molecule has 0 radical (unpaired) electrons. The number of aromatic amines is 1. The molecule has 0 aliphatic heterocycles. The summed E-state index contributed by atoms with van der Waals surface area (Å²) in [5.74, 6) is 0. The Morgan fingerprint density at radius 2 is 2.40 bits per heavy atom. The number of thiophene rings is 1. The molecule has 0 saturated heterocycles. The fourth-order valence-corrected chi connectivity index (χ4v) is 2.31. The zero-order chi connectivity index (χ0) is 10.7. The van der Waals surface area contributed by atoms with Gasteiger partial charge in [0.2, 0.25) is 0 Å². The van der Waals surface area contributed by atoms with Gasteiger partial charge in [0.1, 0.15) is 0 Å². The molecule has 2 rings (SSSR count). The highest BCUT2D eigenvalue weighted by Crippen LogP contribution is 2.16. The van der Waals surface area contributed by atoms with Gasteiger partial charge >= 0.3 is 0 Å². The van der Waals surface area contributed by atoms with E-state index in [-0.39, 0.29) is 0 Å². The molecule has 0 aliphatic carbocycles. The number of hydrogen-bond donors (Lipinski definition) is 2. The third-order valence-corrected chi connectivity index (χ3v) is 3.55. The van der Waals surface area contributed by atoms with Crippen molar-refractivity contribution in [3.8, 4) is 0 Å². The Labute approximate surface area is 93.5 Å². The first-order chi connectivity index (χ1) is 7.27. The molecule has 2 heterocycles. The molecule has 0 aromatic carbocycles. The normalized spacial score (nSPS) is 12.9. The molecule has 80 valence electrons. The Kier molecular flexibility index (Phi) is 3.18. The molecule has 4 heteroatoms. The topological polar surface area (TPSA) is 40.7 Å². The van der Waals surface area contributed by atoms with E-state index >= 15 is 0 Å². The Bertz CT molecular complexity index is 405. The van der Waals surface area contributed by atoms with Crippen molar-refractivity contribution in [1.29, 1.82) is 0 Å². The molecular formula is C11H15N3S. The van der Waals surface area contributed by atoms with E-state index in [9.17, 15) is 0 Å². The van der Waals surface area contributed by atoms with Crippen LogP contribution in [0.1, 0.15) is 29.1 Å². The van der Waals surface area contributed by atoms with Crippen LogP contribution in [0.4, 0.5) is 0 Å². The van der Waals surface area contributed by atoms with Crippen molar-refractivity contribution in [3.63, 3.8) is 0 Å². The summed E-state index contributed by atoms with van der Waals surface area (Å²) in [6, 6.07) is 4.47. The number of aryl methyl sites for hydroxylation is 1. The maximum Gasteiger partial charge on any atom is 0.0518 e. The number of nitrogens with one attached hydrogen (secondary N) is 2. The van der Waals surface area contributed by atoms with Gasteiger partial charge in [-0.25, -0.2) is 0 Å². The first-order valence-electron chi connectivity index (χ1n) is 5.03. The predicted molar refractivity (Wildman–Crippen MR) is 62.9 cm³/mol. The first-order valence-corrected chi connectivity index (χ1v) is 5.91. The van der Waals surface area contributed by atoms with Gasteiger partial charge in [-0.3, -0.25) is 5.10 Å². The number of nitrogens with zero attached hydrogens (tertiary/aromatic N) is 1. The second-order valence-electron chi connectivity index (χ2n) is 3.64. The highest BCUT2D eigenvalue weighted by atomic mass is 32.1. The Morgan fingerprint density at radius 3 is 3.00 bits per heavy atom. The van der Waals surface area contributed by atoms with Gasteiger partial charge in [-0.05, 0) is 36.9 Å². The van der Waals surface area contributed by atoms with E-state index in [1.807, 2.05) is 6.07 Å². The van der Waals surface area contributed by atoms with E-state index in [2.05, 4.69) is 40.8 Å². The van der Waals surface area contributed by atoms with Crippen LogP contribution in [0.3, 0.4) is 0 Å². The van der Waals surface area contributed by atoms with Crippen molar-refractivity contribution < 1.29 is 0 Å². The summed E-state index contributed by atoms with van der Waals surface area (Å²) >= 11 is 1.80. The van der Waals surface area contributed by atoms with Crippen LogP contribution in [0.15, 0.2) is 23.7 Å². The van der Waals surface area contributed by atoms with E-state index in [4.69, 9.17) is 0 Å². The predicted octanol–water partition coefficient (Wildman–Crippen LogP) is 2.63. The third-order valence-electron chi connectivity index (χ3n) is 2.53. The molecule has 0 aliphatic rings. The zero-order valence-corrected chi connectivity index (χ0v) is 9.77. The van der Waals surface area contributed by atoms with E-state index in [0.717, 1.165) is 12.2 Å². The molecule has 1 atom stereocenters. The van der Waals surface area contributed by atoms with Crippen LogP contribution in [-0.2, 0) is 6.54 Å². The fraction of sp³-hybridized carbons (Fsp3) is 0.364. The zero-order valence-electron chi connectivity index (χ0n) is 8.95. The van der Waals surface area contributed by atoms with Gasteiger partial charge in [0.05, 0.1) is 5.69 Å². The van der Waals surface area contributed by atoms with Crippen LogP contribution in [0.25, 0.3) is 0 Å². The molecule has 0 bridgehead atoms. The summed E-state index contributed by atoms with van der Waals surface area (Å²) < 4.78 is 0. The van der Waals surface area contributed by atoms with Crippen molar-refractivity contribution in [2.45, 2.75) is 26.4 Å². The third kappa shape index (κ3) is 2.46. The van der Waals surface area contributed by atoms with Gasteiger partial charge < -0.3 is 5.32 Å². The molecule has 1 unspecified atom stereocenters. The fourth-order valence-electron chi connectivity index (χ4n) is 1.45. The Morgan fingerprint density at radius 1 is 1.53 bits per heavy atom. The minimum absolute atomic E-state index is 0.314. The lowest BCUT2D eigenvalue weighted by Gasteiger charge is -2.11. The molecule has 0 spiro atoms. The smallest absolute Gasteiger partial charge is 0.0518 e. The van der Waals surface area contributed by atoms with Crippen LogP contribution in [-0.4, -0.2) is 10.2 Å². The van der Waals surface area contributed by atoms with Crippen LogP contribution < -0.4 is 5.32 Å². The van der Waals surface area contributed by atoms with Crippen molar-refractivity contribution in [3.05, 3.63) is 39.8 Å². The molecule has 0 fully saturated rings. The summed E-state index contributed by atoms with van der Waals surface area (Å²) in [5.41, 5.74) is 2.49. The lowest BCUT2D eigenvalue weighted by molar-refractivity contribution is 0.563.